The van der Waals surface area contributed by atoms with Gasteiger partial charge in [0, 0.05) is 12.1 Å². The molecule has 1 aromatic carbocycles. The number of rotatable bonds is 4. The molecule has 2 N–H and O–H groups in total. The van der Waals surface area contributed by atoms with E-state index in [1.54, 1.807) is 0 Å². The number of hydrogen-bond donors (Lipinski definition) is 2. The number of aromatic nitrogens is 2. The summed E-state index contributed by atoms with van der Waals surface area (Å²) in [5.74, 6) is 1.59. The molecule has 0 bridgehead atoms. The van der Waals surface area contributed by atoms with Gasteiger partial charge in [-0.25, -0.2) is 4.98 Å². The van der Waals surface area contributed by atoms with E-state index in [9.17, 15) is 10.1 Å². The van der Waals surface area contributed by atoms with Gasteiger partial charge in [-0.05, 0) is 37.0 Å². The molecule has 1 heterocycles. The Morgan fingerprint density at radius 3 is 2.79 bits per heavy atom. The minimum Gasteiger partial charge on any atom is -0.339 e. The fourth-order valence-electron chi connectivity index (χ4n) is 3.30. The Labute approximate surface area is 141 Å². The van der Waals surface area contributed by atoms with Gasteiger partial charge in [0.1, 0.15) is 11.9 Å². The van der Waals surface area contributed by atoms with E-state index in [1.807, 2.05) is 38.1 Å². The number of nitriles is 1. The van der Waals surface area contributed by atoms with E-state index in [1.165, 1.54) is 25.7 Å². The van der Waals surface area contributed by atoms with Crippen LogP contribution >= 0.6 is 0 Å². The maximum Gasteiger partial charge on any atom is 0.271 e. The maximum atomic E-state index is 12.2. The molecular weight excluding hydrogens is 300 g/mol. The summed E-state index contributed by atoms with van der Waals surface area (Å²) in [7, 11) is 0. The van der Waals surface area contributed by atoms with E-state index in [-0.39, 0.29) is 11.1 Å². The average molecular weight is 322 g/mol. The first-order chi connectivity index (χ1) is 11.6. The molecule has 124 valence electrons. The van der Waals surface area contributed by atoms with Gasteiger partial charge in [0.25, 0.3) is 5.56 Å². The third-order valence-electron chi connectivity index (χ3n) is 4.68. The SMILES string of the molecule is Cc1ccc(C)c(Nc2nc(CC3CCCC3)[nH]c(=O)c2C#N)c1. The number of aryl methyl sites for hydroxylation is 2. The predicted octanol–water partition coefficient (Wildman–Crippen LogP) is 3.73. The van der Waals surface area contributed by atoms with Crippen molar-refractivity contribution in [3.05, 3.63) is 51.1 Å². The molecule has 0 amide bonds. The molecular formula is C19H22N4O. The first-order valence-corrected chi connectivity index (χ1v) is 8.44. The van der Waals surface area contributed by atoms with Crippen LogP contribution in [0.4, 0.5) is 11.5 Å². The van der Waals surface area contributed by atoms with Gasteiger partial charge in [-0.15, -0.1) is 0 Å². The van der Waals surface area contributed by atoms with Crippen molar-refractivity contribution in [1.82, 2.24) is 9.97 Å². The van der Waals surface area contributed by atoms with Crippen LogP contribution in [0.3, 0.4) is 0 Å². The standard InChI is InChI=1S/C19H22N4O/c1-12-7-8-13(2)16(9-12)21-18-15(11-20)19(24)23-17(22-18)10-14-5-3-4-6-14/h7-9,14H,3-6,10H2,1-2H3,(H2,21,22,23,24). The zero-order chi connectivity index (χ0) is 17.1. The lowest BCUT2D eigenvalue weighted by atomic mass is 10.0. The number of benzene rings is 1. The largest absolute Gasteiger partial charge is 0.339 e. The van der Waals surface area contributed by atoms with Crippen molar-refractivity contribution in [2.45, 2.75) is 46.0 Å². The lowest BCUT2D eigenvalue weighted by molar-refractivity contribution is 0.529. The number of hydrogen-bond acceptors (Lipinski definition) is 4. The highest BCUT2D eigenvalue weighted by Gasteiger charge is 2.19. The topological polar surface area (TPSA) is 81.6 Å². The summed E-state index contributed by atoms with van der Waals surface area (Å²) in [6.07, 6.45) is 5.63. The molecule has 2 aromatic rings. The van der Waals surface area contributed by atoms with Crippen molar-refractivity contribution in [3.63, 3.8) is 0 Å². The second-order valence-corrected chi connectivity index (χ2v) is 6.65. The summed E-state index contributed by atoms with van der Waals surface area (Å²) >= 11 is 0. The van der Waals surface area contributed by atoms with Crippen LogP contribution in [0.2, 0.25) is 0 Å². The van der Waals surface area contributed by atoms with Gasteiger partial charge in [0.2, 0.25) is 0 Å². The van der Waals surface area contributed by atoms with Crippen molar-refractivity contribution < 1.29 is 0 Å². The fraction of sp³-hybridized carbons (Fsp3) is 0.421. The van der Waals surface area contributed by atoms with Gasteiger partial charge in [0.15, 0.2) is 11.4 Å². The molecule has 0 radical (unpaired) electrons. The Kier molecular flexibility index (Phi) is 4.66. The van der Waals surface area contributed by atoms with Crippen LogP contribution in [-0.4, -0.2) is 9.97 Å². The number of nitrogens with one attached hydrogen (secondary N) is 2. The predicted molar refractivity (Wildman–Crippen MR) is 94.4 cm³/mol. The van der Waals surface area contributed by atoms with Crippen LogP contribution < -0.4 is 10.9 Å². The van der Waals surface area contributed by atoms with Crippen LogP contribution in [-0.2, 0) is 6.42 Å². The summed E-state index contributed by atoms with van der Waals surface area (Å²) in [6, 6.07) is 8.01. The van der Waals surface area contributed by atoms with Crippen molar-refractivity contribution in [3.8, 4) is 6.07 Å². The summed E-state index contributed by atoms with van der Waals surface area (Å²) in [5, 5.41) is 12.5. The van der Waals surface area contributed by atoms with E-state index in [4.69, 9.17) is 0 Å². The minimum atomic E-state index is -0.367. The summed E-state index contributed by atoms with van der Waals surface area (Å²) in [4.78, 5) is 19.6. The zero-order valence-corrected chi connectivity index (χ0v) is 14.1. The highest BCUT2D eigenvalue weighted by molar-refractivity contribution is 5.65. The van der Waals surface area contributed by atoms with Gasteiger partial charge in [0.05, 0.1) is 0 Å². The van der Waals surface area contributed by atoms with Gasteiger partial charge in [-0.3, -0.25) is 4.79 Å². The molecule has 3 rings (SSSR count). The average Bonchev–Trinajstić information content (AvgIpc) is 3.04. The summed E-state index contributed by atoms with van der Waals surface area (Å²) < 4.78 is 0. The molecule has 0 unspecified atom stereocenters. The van der Waals surface area contributed by atoms with Gasteiger partial charge >= 0.3 is 0 Å². The van der Waals surface area contributed by atoms with Gasteiger partial charge in [-0.2, -0.15) is 5.26 Å². The van der Waals surface area contributed by atoms with E-state index >= 15 is 0 Å². The lowest BCUT2D eigenvalue weighted by Gasteiger charge is -2.13. The quantitative estimate of drug-likeness (QED) is 0.898. The second-order valence-electron chi connectivity index (χ2n) is 6.65. The first kappa shape index (κ1) is 16.3. The smallest absolute Gasteiger partial charge is 0.271 e. The van der Waals surface area contributed by atoms with Crippen molar-refractivity contribution >= 4 is 11.5 Å². The zero-order valence-electron chi connectivity index (χ0n) is 14.1. The molecule has 1 fully saturated rings. The van der Waals surface area contributed by atoms with E-state index in [0.29, 0.717) is 17.6 Å². The van der Waals surface area contributed by atoms with E-state index in [0.717, 1.165) is 23.2 Å². The third kappa shape index (κ3) is 3.48. The number of aromatic amines is 1. The number of nitrogens with zero attached hydrogens (tertiary/aromatic N) is 2. The Morgan fingerprint density at radius 1 is 1.33 bits per heavy atom. The van der Waals surface area contributed by atoms with Gasteiger partial charge in [-0.1, -0.05) is 37.8 Å². The molecule has 0 spiro atoms. The minimum absolute atomic E-state index is 0.0334. The second kappa shape index (κ2) is 6.88. The highest BCUT2D eigenvalue weighted by atomic mass is 16.1. The van der Waals surface area contributed by atoms with Crippen molar-refractivity contribution in [1.29, 1.82) is 5.26 Å². The number of H-pyrrole nitrogens is 1. The first-order valence-electron chi connectivity index (χ1n) is 8.44. The van der Waals surface area contributed by atoms with Crippen LogP contribution in [0.1, 0.15) is 48.2 Å². The molecule has 1 aliphatic rings. The van der Waals surface area contributed by atoms with Crippen LogP contribution in [0, 0.1) is 31.1 Å². The van der Waals surface area contributed by atoms with E-state index < -0.39 is 0 Å². The lowest BCUT2D eigenvalue weighted by Crippen LogP contribution is -2.19. The van der Waals surface area contributed by atoms with E-state index in [2.05, 4.69) is 15.3 Å². The molecule has 0 aliphatic heterocycles. The van der Waals surface area contributed by atoms with Crippen LogP contribution in [0.5, 0.6) is 0 Å². The Balaban J connectivity index is 1.95. The Hall–Kier alpha value is -2.61. The number of anilines is 2. The Bertz CT molecular complexity index is 841. The summed E-state index contributed by atoms with van der Waals surface area (Å²) in [6.45, 7) is 3.99. The molecule has 24 heavy (non-hydrogen) atoms. The maximum absolute atomic E-state index is 12.2. The van der Waals surface area contributed by atoms with Crippen LogP contribution in [0.15, 0.2) is 23.0 Å². The van der Waals surface area contributed by atoms with Gasteiger partial charge < -0.3 is 10.3 Å². The molecule has 1 aliphatic carbocycles. The highest BCUT2D eigenvalue weighted by Crippen LogP contribution is 2.28. The summed E-state index contributed by atoms with van der Waals surface area (Å²) in [5.41, 5.74) is 2.69. The van der Waals surface area contributed by atoms with Crippen molar-refractivity contribution in [2.75, 3.05) is 5.32 Å². The Morgan fingerprint density at radius 2 is 2.08 bits per heavy atom. The third-order valence-corrected chi connectivity index (χ3v) is 4.68. The molecule has 1 saturated carbocycles. The molecule has 0 atom stereocenters. The monoisotopic (exact) mass is 322 g/mol. The molecule has 5 nitrogen and oxygen atoms in total. The molecule has 1 aromatic heterocycles. The van der Waals surface area contributed by atoms with Crippen molar-refractivity contribution in [2.24, 2.45) is 5.92 Å². The molecule has 5 heteroatoms. The van der Waals surface area contributed by atoms with Crippen LogP contribution in [0.25, 0.3) is 0 Å². The fourth-order valence-corrected chi connectivity index (χ4v) is 3.30. The molecule has 0 saturated heterocycles. The normalized spacial score (nSPS) is 14.5.